The van der Waals surface area contributed by atoms with Gasteiger partial charge in [0.1, 0.15) is 0 Å². The van der Waals surface area contributed by atoms with Crippen LogP contribution in [0.25, 0.3) is 116 Å². The Kier molecular flexibility index (Phi) is 7.84. The van der Waals surface area contributed by atoms with Gasteiger partial charge in [0.15, 0.2) is 5.82 Å². The second-order valence-electron chi connectivity index (χ2n) is 16.2. The quantitative estimate of drug-likeness (QED) is 0.168. The summed E-state index contributed by atoms with van der Waals surface area (Å²) in [6.07, 6.45) is 0. The highest BCUT2D eigenvalue weighted by molar-refractivity contribution is 6.27. The number of aromatic nitrogens is 5. The van der Waals surface area contributed by atoms with Gasteiger partial charge in [0.05, 0.1) is 44.5 Å². The van der Waals surface area contributed by atoms with E-state index in [-0.39, 0.29) is 0 Å². The van der Waals surface area contributed by atoms with Crippen LogP contribution in [0.2, 0.25) is 0 Å². The van der Waals surface area contributed by atoms with Crippen molar-refractivity contribution in [1.82, 2.24) is 23.7 Å². The summed E-state index contributed by atoms with van der Waals surface area (Å²) in [4.78, 5) is 10.6. The second-order valence-corrected chi connectivity index (χ2v) is 16.2. The second kappa shape index (κ2) is 14.0. The molecule has 0 bridgehead atoms. The van der Waals surface area contributed by atoms with Gasteiger partial charge in [0.2, 0.25) is 0 Å². The Hall–Kier alpha value is -8.54. The van der Waals surface area contributed by atoms with E-state index in [1.54, 1.807) is 0 Å². The summed E-state index contributed by atoms with van der Waals surface area (Å²) < 4.78 is 7.33. The molecule has 0 aliphatic heterocycles. The van der Waals surface area contributed by atoms with Gasteiger partial charge in [0, 0.05) is 66.1 Å². The number of hydrogen-bond acceptors (Lipinski definition) is 2. The van der Waals surface area contributed by atoms with E-state index in [9.17, 15) is 0 Å². The van der Waals surface area contributed by atoms with Crippen molar-refractivity contribution in [3.63, 3.8) is 0 Å². The van der Waals surface area contributed by atoms with Crippen LogP contribution in [-0.4, -0.2) is 23.7 Å². The first-order valence-electron chi connectivity index (χ1n) is 21.4. The van der Waals surface area contributed by atoms with Crippen LogP contribution in [0.5, 0.6) is 0 Å². The zero-order valence-corrected chi connectivity index (χ0v) is 34.1. The number of fused-ring (bicyclic) bond motifs is 10. The Bertz CT molecular complexity index is 3820. The summed E-state index contributed by atoms with van der Waals surface area (Å²) in [6.45, 7) is 0. The summed E-state index contributed by atoms with van der Waals surface area (Å²) >= 11 is 0. The van der Waals surface area contributed by atoms with Crippen LogP contribution in [0, 0.1) is 0 Å². The Labute approximate surface area is 363 Å². The fraction of sp³-hybridized carbons (Fsp3) is 0. The molecule has 0 aliphatic rings. The topological polar surface area (TPSA) is 40.6 Å². The first-order chi connectivity index (χ1) is 31.3. The smallest absolute Gasteiger partial charge is 0.160 e. The number of para-hydroxylation sites is 5. The molecule has 4 aromatic heterocycles. The van der Waals surface area contributed by atoms with Crippen LogP contribution in [0.1, 0.15) is 0 Å². The number of benzene rings is 9. The molecule has 5 nitrogen and oxygen atoms in total. The lowest BCUT2D eigenvalue weighted by atomic mass is 10.0. The molecule has 13 rings (SSSR count). The standard InChI is InChI=1S/C58H37N5/c1-5-18-38(19-6-1)49-37-50(60-58(59-49)39-20-7-2-8-21-39)47-29-17-28-45-46-34-35-53-55(48-27-14-16-31-52(48)61(53)40-22-9-3-10-23-40)57(46)63(56(45)47)42-32-33-44-43-26-13-15-30-51(43)62(54(44)36-42)41-24-11-4-12-25-41/h1-37H. The average molecular weight is 804 g/mol. The molecular formula is C58H37N5. The van der Waals surface area contributed by atoms with E-state index < -0.39 is 0 Å². The Morgan fingerprint density at radius 2 is 0.810 bits per heavy atom. The van der Waals surface area contributed by atoms with Crippen molar-refractivity contribution >= 4 is 65.4 Å². The van der Waals surface area contributed by atoms with Crippen molar-refractivity contribution < 1.29 is 0 Å². The fourth-order valence-corrected chi connectivity index (χ4v) is 9.94. The molecule has 0 amide bonds. The van der Waals surface area contributed by atoms with Crippen LogP contribution in [0.4, 0.5) is 0 Å². The maximum absolute atomic E-state index is 5.41. The lowest BCUT2D eigenvalue weighted by molar-refractivity contribution is 1.15. The zero-order valence-electron chi connectivity index (χ0n) is 34.1. The third kappa shape index (κ3) is 5.43. The molecule has 5 heteroatoms. The Morgan fingerprint density at radius 1 is 0.286 bits per heavy atom. The van der Waals surface area contributed by atoms with Crippen molar-refractivity contribution in [3.05, 3.63) is 224 Å². The molecular weight excluding hydrogens is 767 g/mol. The Balaban J connectivity index is 1.20. The van der Waals surface area contributed by atoms with Crippen LogP contribution < -0.4 is 0 Å². The van der Waals surface area contributed by atoms with E-state index in [2.05, 4.69) is 214 Å². The van der Waals surface area contributed by atoms with Gasteiger partial charge in [-0.3, -0.25) is 0 Å². The van der Waals surface area contributed by atoms with Crippen molar-refractivity contribution in [1.29, 1.82) is 0 Å². The first kappa shape index (κ1) is 35.2. The Morgan fingerprint density at radius 3 is 1.52 bits per heavy atom. The largest absolute Gasteiger partial charge is 0.309 e. The molecule has 0 N–H and O–H groups in total. The van der Waals surface area contributed by atoms with E-state index in [0.717, 1.165) is 72.6 Å². The van der Waals surface area contributed by atoms with Crippen molar-refractivity contribution in [2.75, 3.05) is 0 Å². The summed E-state index contributed by atoms with van der Waals surface area (Å²) in [5, 5.41) is 7.18. The van der Waals surface area contributed by atoms with Crippen molar-refractivity contribution in [2.45, 2.75) is 0 Å². The van der Waals surface area contributed by atoms with E-state index >= 15 is 0 Å². The summed E-state index contributed by atoms with van der Waals surface area (Å²) in [7, 11) is 0. The van der Waals surface area contributed by atoms with Gasteiger partial charge in [-0.2, -0.15) is 0 Å². The summed E-state index contributed by atoms with van der Waals surface area (Å²) in [6, 6.07) is 80.2. The lowest BCUT2D eigenvalue weighted by Crippen LogP contribution is -2.00. The number of rotatable bonds is 6. The molecule has 0 unspecified atom stereocenters. The summed E-state index contributed by atoms with van der Waals surface area (Å²) in [5.74, 6) is 0.689. The van der Waals surface area contributed by atoms with Crippen molar-refractivity contribution in [3.8, 4) is 51.0 Å². The molecule has 0 atom stereocenters. The molecule has 13 aromatic rings. The normalized spacial score (nSPS) is 11.8. The third-order valence-corrected chi connectivity index (χ3v) is 12.6. The number of nitrogens with zero attached hydrogens (tertiary/aromatic N) is 5. The van der Waals surface area contributed by atoms with Gasteiger partial charge < -0.3 is 13.7 Å². The van der Waals surface area contributed by atoms with Crippen LogP contribution in [0.15, 0.2) is 224 Å². The first-order valence-corrected chi connectivity index (χ1v) is 21.4. The minimum atomic E-state index is 0.689. The van der Waals surface area contributed by atoms with E-state index in [0.29, 0.717) is 5.82 Å². The molecule has 4 heterocycles. The predicted molar refractivity (Wildman–Crippen MR) is 261 cm³/mol. The number of hydrogen-bond donors (Lipinski definition) is 0. The molecule has 0 fully saturated rings. The van der Waals surface area contributed by atoms with Gasteiger partial charge in [-0.05, 0) is 60.7 Å². The van der Waals surface area contributed by atoms with Crippen molar-refractivity contribution in [2.24, 2.45) is 0 Å². The molecule has 63 heavy (non-hydrogen) atoms. The molecule has 0 spiro atoms. The lowest BCUT2D eigenvalue weighted by Gasteiger charge is -2.15. The fourth-order valence-electron chi connectivity index (χ4n) is 9.94. The minimum absolute atomic E-state index is 0.689. The maximum Gasteiger partial charge on any atom is 0.160 e. The minimum Gasteiger partial charge on any atom is -0.309 e. The highest BCUT2D eigenvalue weighted by Crippen LogP contribution is 2.45. The van der Waals surface area contributed by atoms with Gasteiger partial charge in [-0.1, -0.05) is 164 Å². The zero-order chi connectivity index (χ0) is 41.4. The molecule has 0 saturated heterocycles. The molecule has 0 radical (unpaired) electrons. The highest BCUT2D eigenvalue weighted by Gasteiger charge is 2.24. The summed E-state index contributed by atoms with van der Waals surface area (Å²) in [5.41, 5.74) is 15.0. The maximum atomic E-state index is 5.41. The van der Waals surface area contributed by atoms with E-state index in [4.69, 9.17) is 9.97 Å². The van der Waals surface area contributed by atoms with E-state index in [1.807, 2.05) is 24.3 Å². The van der Waals surface area contributed by atoms with Crippen LogP contribution in [0.3, 0.4) is 0 Å². The predicted octanol–water partition coefficient (Wildman–Crippen LogP) is 14.8. The van der Waals surface area contributed by atoms with Gasteiger partial charge in [-0.15, -0.1) is 0 Å². The average Bonchev–Trinajstić information content (AvgIpc) is 4.00. The van der Waals surface area contributed by atoms with Gasteiger partial charge in [-0.25, -0.2) is 9.97 Å². The van der Waals surface area contributed by atoms with Crippen LogP contribution >= 0.6 is 0 Å². The van der Waals surface area contributed by atoms with Gasteiger partial charge >= 0.3 is 0 Å². The highest BCUT2D eigenvalue weighted by atomic mass is 15.0. The van der Waals surface area contributed by atoms with Gasteiger partial charge in [0.25, 0.3) is 0 Å². The SMILES string of the molecule is c1ccc(-c2cc(-c3cccc4c5ccc6c(c7ccccc7n6-c6ccccc6)c5n(-c5ccc6c7ccccc7n(-c7ccccc7)c6c5)c34)nc(-c3ccccc3)n2)cc1. The molecule has 0 saturated carbocycles. The molecule has 9 aromatic carbocycles. The van der Waals surface area contributed by atoms with Crippen LogP contribution in [-0.2, 0) is 0 Å². The van der Waals surface area contributed by atoms with E-state index in [1.165, 1.54) is 38.0 Å². The monoisotopic (exact) mass is 803 g/mol. The molecule has 0 aliphatic carbocycles. The third-order valence-electron chi connectivity index (χ3n) is 12.6. The molecule has 294 valence electrons.